The van der Waals surface area contributed by atoms with E-state index in [0.29, 0.717) is 16.7 Å². The maximum absolute atomic E-state index is 12.7. The van der Waals surface area contributed by atoms with Crippen LogP contribution in [0.5, 0.6) is 0 Å². The highest BCUT2D eigenvalue weighted by Crippen LogP contribution is 2.33. The molecule has 7 heteroatoms. The molecule has 0 saturated heterocycles. The van der Waals surface area contributed by atoms with E-state index in [1.807, 2.05) is 0 Å². The first-order valence-corrected chi connectivity index (χ1v) is 6.23. The summed E-state index contributed by atoms with van der Waals surface area (Å²) in [5, 5.41) is 6.93. The number of aryl methyl sites for hydroxylation is 1. The highest BCUT2D eigenvalue weighted by Gasteiger charge is 2.31. The van der Waals surface area contributed by atoms with Crippen molar-refractivity contribution in [1.82, 2.24) is 9.78 Å². The molecule has 1 heterocycles. The van der Waals surface area contributed by atoms with Gasteiger partial charge in [0, 0.05) is 35.5 Å². The third-order valence-electron chi connectivity index (χ3n) is 2.48. The maximum atomic E-state index is 12.7. The number of rotatable bonds is 3. The molecule has 2 aromatic rings. The number of benzene rings is 1. The van der Waals surface area contributed by atoms with Gasteiger partial charge in [0.15, 0.2) is 0 Å². The molecule has 0 aliphatic rings. The van der Waals surface area contributed by atoms with Crippen molar-refractivity contribution in [2.75, 3.05) is 5.32 Å². The van der Waals surface area contributed by atoms with Crippen LogP contribution in [0.4, 0.5) is 18.9 Å². The van der Waals surface area contributed by atoms with E-state index in [-0.39, 0.29) is 0 Å². The van der Waals surface area contributed by atoms with Gasteiger partial charge < -0.3 is 5.32 Å². The Kier molecular flexibility index (Phi) is 3.84. The van der Waals surface area contributed by atoms with Crippen LogP contribution in [0, 0.1) is 0 Å². The molecule has 102 valence electrons. The lowest BCUT2D eigenvalue weighted by Gasteiger charge is -2.11. The number of hydrogen-bond donors (Lipinski definition) is 1. The zero-order valence-electron chi connectivity index (χ0n) is 10.0. The van der Waals surface area contributed by atoms with E-state index in [1.54, 1.807) is 30.2 Å². The molecule has 0 saturated carbocycles. The molecular formula is C12H11BrF3N3. The summed E-state index contributed by atoms with van der Waals surface area (Å²) in [6.07, 6.45) is -0.889. The van der Waals surface area contributed by atoms with Crippen LogP contribution in [-0.4, -0.2) is 9.78 Å². The van der Waals surface area contributed by atoms with E-state index in [0.717, 1.165) is 17.7 Å². The van der Waals surface area contributed by atoms with E-state index >= 15 is 0 Å². The average molecular weight is 334 g/mol. The molecule has 2 rings (SSSR count). The Labute approximate surface area is 116 Å². The van der Waals surface area contributed by atoms with E-state index in [9.17, 15) is 13.2 Å². The monoisotopic (exact) mass is 333 g/mol. The van der Waals surface area contributed by atoms with Crippen molar-refractivity contribution in [3.8, 4) is 0 Å². The van der Waals surface area contributed by atoms with Gasteiger partial charge in [-0.15, -0.1) is 0 Å². The van der Waals surface area contributed by atoms with Gasteiger partial charge in [-0.1, -0.05) is 15.9 Å². The summed E-state index contributed by atoms with van der Waals surface area (Å²) >= 11 is 3.08. The Balaban J connectivity index is 2.14. The number of alkyl halides is 3. The van der Waals surface area contributed by atoms with Gasteiger partial charge in [0.1, 0.15) is 0 Å². The second kappa shape index (κ2) is 5.24. The maximum Gasteiger partial charge on any atom is 0.416 e. The number of nitrogens with one attached hydrogen (secondary N) is 1. The fourth-order valence-corrected chi connectivity index (χ4v) is 2.12. The first-order chi connectivity index (χ1) is 8.84. The van der Waals surface area contributed by atoms with Crippen molar-refractivity contribution in [2.24, 2.45) is 7.05 Å². The number of halogens is 4. The molecule has 0 spiro atoms. The molecule has 0 fully saturated rings. The Morgan fingerprint density at radius 1 is 1.32 bits per heavy atom. The fraction of sp³-hybridized carbons (Fsp3) is 0.250. The van der Waals surface area contributed by atoms with Crippen molar-refractivity contribution in [3.63, 3.8) is 0 Å². The smallest absolute Gasteiger partial charge is 0.381 e. The SMILES string of the molecule is Cn1cc(CNc2cc(Br)cc(C(F)(F)F)c2)cn1. The zero-order valence-corrected chi connectivity index (χ0v) is 11.6. The molecule has 0 unspecified atom stereocenters. The fourth-order valence-electron chi connectivity index (χ4n) is 1.62. The minimum absolute atomic E-state index is 0.385. The van der Waals surface area contributed by atoms with Gasteiger partial charge in [0.2, 0.25) is 0 Å². The van der Waals surface area contributed by atoms with Crippen molar-refractivity contribution in [1.29, 1.82) is 0 Å². The van der Waals surface area contributed by atoms with Crippen LogP contribution in [0.25, 0.3) is 0 Å². The van der Waals surface area contributed by atoms with Crippen molar-refractivity contribution in [3.05, 3.63) is 46.2 Å². The van der Waals surface area contributed by atoms with Crippen molar-refractivity contribution < 1.29 is 13.2 Å². The quantitative estimate of drug-likeness (QED) is 0.925. The molecule has 3 nitrogen and oxygen atoms in total. The second-order valence-corrected chi connectivity index (χ2v) is 5.02. The van der Waals surface area contributed by atoms with E-state index < -0.39 is 11.7 Å². The average Bonchev–Trinajstić information content (AvgIpc) is 2.71. The minimum Gasteiger partial charge on any atom is -0.381 e. The highest BCUT2D eigenvalue weighted by molar-refractivity contribution is 9.10. The number of nitrogens with zero attached hydrogens (tertiary/aromatic N) is 2. The van der Waals surface area contributed by atoms with Crippen LogP contribution in [-0.2, 0) is 19.8 Å². The number of aromatic nitrogens is 2. The van der Waals surface area contributed by atoms with Gasteiger partial charge in [-0.25, -0.2) is 0 Å². The van der Waals surface area contributed by atoms with Gasteiger partial charge in [0.05, 0.1) is 11.8 Å². The summed E-state index contributed by atoms with van der Waals surface area (Å²) in [6, 6.07) is 3.74. The molecular weight excluding hydrogens is 323 g/mol. The molecule has 1 aromatic heterocycles. The van der Waals surface area contributed by atoms with Crippen molar-refractivity contribution >= 4 is 21.6 Å². The Hall–Kier alpha value is -1.50. The molecule has 1 N–H and O–H groups in total. The van der Waals surface area contributed by atoms with E-state index in [1.165, 1.54) is 0 Å². The van der Waals surface area contributed by atoms with Gasteiger partial charge >= 0.3 is 6.18 Å². The molecule has 0 aliphatic heterocycles. The molecule has 19 heavy (non-hydrogen) atoms. The normalized spacial score (nSPS) is 11.6. The van der Waals surface area contributed by atoms with Crippen LogP contribution in [0.3, 0.4) is 0 Å². The largest absolute Gasteiger partial charge is 0.416 e. The van der Waals surface area contributed by atoms with Gasteiger partial charge in [0.25, 0.3) is 0 Å². The topological polar surface area (TPSA) is 29.9 Å². The summed E-state index contributed by atoms with van der Waals surface area (Å²) in [5.41, 5.74) is 0.622. The molecule has 0 radical (unpaired) electrons. The molecule has 1 aromatic carbocycles. The standard InChI is InChI=1S/C12H11BrF3N3/c1-19-7-8(6-18-19)5-17-11-3-9(12(14,15)16)2-10(13)4-11/h2-4,6-7,17H,5H2,1H3. The Morgan fingerprint density at radius 3 is 2.63 bits per heavy atom. The molecule has 0 bridgehead atoms. The van der Waals surface area contributed by atoms with Crippen LogP contribution >= 0.6 is 15.9 Å². The van der Waals surface area contributed by atoms with E-state index in [4.69, 9.17) is 0 Å². The Morgan fingerprint density at radius 2 is 2.05 bits per heavy atom. The van der Waals surface area contributed by atoms with Crippen LogP contribution in [0.2, 0.25) is 0 Å². The summed E-state index contributed by atoms with van der Waals surface area (Å²) in [5.74, 6) is 0. The van der Waals surface area contributed by atoms with Crippen molar-refractivity contribution in [2.45, 2.75) is 12.7 Å². The third-order valence-corrected chi connectivity index (χ3v) is 2.94. The number of hydrogen-bond acceptors (Lipinski definition) is 2. The zero-order chi connectivity index (χ0) is 14.0. The van der Waals surface area contributed by atoms with E-state index in [2.05, 4.69) is 26.3 Å². The lowest BCUT2D eigenvalue weighted by Crippen LogP contribution is -2.06. The predicted molar refractivity (Wildman–Crippen MR) is 69.7 cm³/mol. The highest BCUT2D eigenvalue weighted by atomic mass is 79.9. The minimum atomic E-state index is -4.35. The molecule has 0 aliphatic carbocycles. The van der Waals surface area contributed by atoms with Gasteiger partial charge in [-0.2, -0.15) is 18.3 Å². The van der Waals surface area contributed by atoms with Crippen LogP contribution < -0.4 is 5.32 Å². The predicted octanol–water partition coefficient (Wildman–Crippen LogP) is 3.81. The lowest BCUT2D eigenvalue weighted by molar-refractivity contribution is -0.137. The number of anilines is 1. The summed E-state index contributed by atoms with van der Waals surface area (Å²) in [4.78, 5) is 0. The summed E-state index contributed by atoms with van der Waals surface area (Å²) < 4.78 is 40.0. The lowest BCUT2D eigenvalue weighted by atomic mass is 10.2. The van der Waals surface area contributed by atoms with Gasteiger partial charge in [-0.05, 0) is 18.2 Å². The van der Waals surface area contributed by atoms with Gasteiger partial charge in [-0.3, -0.25) is 4.68 Å². The van der Waals surface area contributed by atoms with Crippen LogP contribution in [0.15, 0.2) is 35.1 Å². The molecule has 0 amide bonds. The second-order valence-electron chi connectivity index (χ2n) is 4.10. The summed E-state index contributed by atoms with van der Waals surface area (Å²) in [6.45, 7) is 0.418. The Bertz CT molecular complexity index is 578. The first-order valence-electron chi connectivity index (χ1n) is 5.44. The molecule has 0 atom stereocenters. The summed E-state index contributed by atoms with van der Waals surface area (Å²) in [7, 11) is 1.78. The van der Waals surface area contributed by atoms with Crippen LogP contribution in [0.1, 0.15) is 11.1 Å². The first kappa shape index (κ1) is 13.9. The third kappa shape index (κ3) is 3.73.